The summed E-state index contributed by atoms with van der Waals surface area (Å²) in [4.78, 5) is 0. The van der Waals surface area contributed by atoms with Gasteiger partial charge < -0.3 is 4.74 Å². The maximum Gasteiger partial charge on any atom is 0.269 e. The van der Waals surface area contributed by atoms with Crippen LogP contribution in [-0.2, 0) is 15.9 Å². The Bertz CT molecular complexity index is 384. The molecule has 0 bridgehead atoms. The highest BCUT2D eigenvalue weighted by Crippen LogP contribution is 2.13. The van der Waals surface area contributed by atoms with Crippen LogP contribution in [0.3, 0.4) is 0 Å². The van der Waals surface area contributed by atoms with Gasteiger partial charge in [0.25, 0.3) is 10.1 Å². The molecule has 0 aliphatic heterocycles. The summed E-state index contributed by atoms with van der Waals surface area (Å²) in [6, 6.07) is 6.29. The van der Waals surface area contributed by atoms with Crippen molar-refractivity contribution in [1.82, 2.24) is 0 Å². The van der Waals surface area contributed by atoms with Crippen molar-refractivity contribution in [3.8, 4) is 5.75 Å². The Labute approximate surface area is 82.2 Å². The van der Waals surface area contributed by atoms with E-state index in [0.717, 1.165) is 0 Å². The van der Waals surface area contributed by atoms with Gasteiger partial charge in [-0.1, -0.05) is 12.1 Å². The van der Waals surface area contributed by atoms with Gasteiger partial charge in [-0.3, -0.25) is 10.3 Å². The molecule has 14 heavy (non-hydrogen) atoms. The van der Waals surface area contributed by atoms with Crippen LogP contribution in [0, 0.1) is 0 Å². The first-order chi connectivity index (χ1) is 6.51. The molecule has 0 saturated heterocycles. The normalized spacial score (nSPS) is 11.3. The molecule has 0 radical (unpaired) electrons. The molecule has 1 rings (SSSR count). The second kappa shape index (κ2) is 4.41. The molecule has 0 spiro atoms. The quantitative estimate of drug-likeness (QED) is 0.561. The minimum atomic E-state index is -3.97. The summed E-state index contributed by atoms with van der Waals surface area (Å²) < 4.78 is 34.6. The van der Waals surface area contributed by atoms with Crippen LogP contribution in [0.1, 0.15) is 5.56 Å². The molecule has 0 aliphatic rings. The fourth-order valence-corrected chi connectivity index (χ4v) is 1.60. The lowest BCUT2D eigenvalue weighted by Gasteiger charge is -2.03. The first-order valence-corrected chi connectivity index (χ1v) is 5.49. The van der Waals surface area contributed by atoms with Crippen LogP contribution < -0.4 is 10.5 Å². The Kier molecular flexibility index (Phi) is 3.45. The lowest BCUT2D eigenvalue weighted by atomic mass is 10.2. The number of hydrogen-bond acceptors (Lipinski definition) is 4. The molecule has 5 nitrogen and oxygen atoms in total. The van der Waals surface area contributed by atoms with Crippen molar-refractivity contribution in [1.29, 1.82) is 0 Å². The molecule has 0 atom stereocenters. The van der Waals surface area contributed by atoms with Crippen LogP contribution >= 0.6 is 0 Å². The van der Waals surface area contributed by atoms with Crippen molar-refractivity contribution in [3.63, 3.8) is 0 Å². The molecule has 1 aromatic carbocycles. The number of ether oxygens (including phenoxy) is 1. The molecule has 0 heterocycles. The van der Waals surface area contributed by atoms with E-state index in [-0.39, 0.29) is 6.73 Å². The largest absolute Gasteiger partial charge is 0.479 e. The van der Waals surface area contributed by atoms with Crippen LogP contribution in [-0.4, -0.2) is 19.7 Å². The number of nitrogens with two attached hydrogens (primary N) is 1. The third kappa shape index (κ3) is 3.73. The van der Waals surface area contributed by atoms with Gasteiger partial charge in [0.15, 0.2) is 0 Å². The van der Waals surface area contributed by atoms with Gasteiger partial charge in [-0.05, 0) is 17.7 Å². The molecule has 6 heteroatoms. The maximum atomic E-state index is 10.5. The molecule has 0 unspecified atom stereocenters. The van der Waals surface area contributed by atoms with E-state index >= 15 is 0 Å². The minimum absolute atomic E-state index is 0.0671. The second-order valence-corrected chi connectivity index (χ2v) is 4.13. The van der Waals surface area contributed by atoms with Crippen molar-refractivity contribution < 1.29 is 17.7 Å². The molecule has 0 aliphatic carbocycles. The van der Waals surface area contributed by atoms with Gasteiger partial charge in [0, 0.05) is 0 Å². The van der Waals surface area contributed by atoms with Crippen LogP contribution in [0.15, 0.2) is 24.3 Å². The highest BCUT2D eigenvalue weighted by atomic mass is 32.2. The van der Waals surface area contributed by atoms with Gasteiger partial charge >= 0.3 is 0 Å². The fourth-order valence-electron chi connectivity index (χ4n) is 0.989. The van der Waals surface area contributed by atoms with E-state index in [1.165, 1.54) is 0 Å². The third-order valence-electron chi connectivity index (χ3n) is 1.52. The minimum Gasteiger partial charge on any atom is -0.479 e. The first-order valence-electron chi connectivity index (χ1n) is 3.88. The first kappa shape index (κ1) is 11.0. The van der Waals surface area contributed by atoms with E-state index in [2.05, 4.69) is 0 Å². The molecule has 0 aromatic heterocycles. The predicted octanol–water partition coefficient (Wildman–Crippen LogP) is 0.369. The molecule has 0 saturated carbocycles. The van der Waals surface area contributed by atoms with Gasteiger partial charge in [-0.15, -0.1) is 0 Å². The van der Waals surface area contributed by atoms with E-state index in [0.29, 0.717) is 11.3 Å². The smallest absolute Gasteiger partial charge is 0.269 e. The van der Waals surface area contributed by atoms with E-state index in [9.17, 15) is 8.42 Å². The zero-order valence-corrected chi connectivity index (χ0v) is 8.20. The van der Waals surface area contributed by atoms with E-state index < -0.39 is 15.9 Å². The van der Waals surface area contributed by atoms with Gasteiger partial charge in [-0.2, -0.15) is 8.42 Å². The lowest BCUT2D eigenvalue weighted by molar-refractivity contribution is 0.329. The summed E-state index contributed by atoms with van der Waals surface area (Å²) in [5, 5.41) is 0. The van der Waals surface area contributed by atoms with Crippen molar-refractivity contribution in [3.05, 3.63) is 29.8 Å². The zero-order valence-electron chi connectivity index (χ0n) is 7.38. The number of rotatable bonds is 4. The van der Waals surface area contributed by atoms with Crippen molar-refractivity contribution in [2.45, 2.75) is 5.75 Å². The monoisotopic (exact) mass is 217 g/mol. The van der Waals surface area contributed by atoms with Gasteiger partial charge in [-0.25, -0.2) is 0 Å². The average molecular weight is 217 g/mol. The Morgan fingerprint density at radius 1 is 1.29 bits per heavy atom. The number of benzene rings is 1. The Hall–Kier alpha value is -1.11. The third-order valence-corrected chi connectivity index (χ3v) is 2.22. The summed E-state index contributed by atoms with van der Waals surface area (Å²) in [6.45, 7) is 0.0671. The average Bonchev–Trinajstić information content (AvgIpc) is 2.06. The van der Waals surface area contributed by atoms with E-state index in [4.69, 9.17) is 15.0 Å². The highest BCUT2D eigenvalue weighted by Gasteiger charge is 2.05. The number of hydrogen-bond donors (Lipinski definition) is 2. The topological polar surface area (TPSA) is 89.6 Å². The molecule has 78 valence electrons. The Balaban J connectivity index is 2.74. The van der Waals surface area contributed by atoms with Crippen molar-refractivity contribution in [2.24, 2.45) is 5.73 Å². The van der Waals surface area contributed by atoms with Crippen LogP contribution in [0.4, 0.5) is 0 Å². The van der Waals surface area contributed by atoms with Crippen molar-refractivity contribution >= 4 is 10.1 Å². The molecular formula is C8H11NO4S. The molecule has 0 fully saturated rings. The Morgan fingerprint density at radius 3 is 2.29 bits per heavy atom. The zero-order chi connectivity index (χ0) is 10.6. The van der Waals surface area contributed by atoms with Gasteiger partial charge in [0.2, 0.25) is 0 Å². The highest BCUT2D eigenvalue weighted by molar-refractivity contribution is 7.85. The summed E-state index contributed by atoms with van der Waals surface area (Å²) in [5.41, 5.74) is 5.64. The standard InChI is InChI=1S/C8H11NO4S/c9-6-13-8-3-1-7(2-4-8)5-14(10,11)12/h1-4H,5-6,9H2,(H,10,11,12). The van der Waals surface area contributed by atoms with Crippen LogP contribution in [0.25, 0.3) is 0 Å². The summed E-state index contributed by atoms with van der Waals surface area (Å²) in [6.07, 6.45) is 0. The molecule has 3 N–H and O–H groups in total. The fraction of sp³-hybridized carbons (Fsp3) is 0.250. The van der Waals surface area contributed by atoms with E-state index in [1.807, 2.05) is 0 Å². The maximum absolute atomic E-state index is 10.5. The summed E-state index contributed by atoms with van der Waals surface area (Å²) >= 11 is 0. The van der Waals surface area contributed by atoms with E-state index in [1.54, 1.807) is 24.3 Å². The lowest BCUT2D eigenvalue weighted by Crippen LogP contribution is -2.07. The van der Waals surface area contributed by atoms with Crippen molar-refractivity contribution in [2.75, 3.05) is 6.73 Å². The van der Waals surface area contributed by atoms with Gasteiger partial charge in [0.1, 0.15) is 18.2 Å². The molecule has 1 aromatic rings. The predicted molar refractivity (Wildman–Crippen MR) is 51.4 cm³/mol. The summed E-state index contributed by atoms with van der Waals surface area (Å²) in [7, 11) is -3.97. The van der Waals surface area contributed by atoms with Crippen LogP contribution in [0.5, 0.6) is 5.75 Å². The van der Waals surface area contributed by atoms with Gasteiger partial charge in [0.05, 0.1) is 0 Å². The Morgan fingerprint density at radius 2 is 1.86 bits per heavy atom. The molecular weight excluding hydrogens is 206 g/mol. The summed E-state index contributed by atoms with van der Waals surface area (Å²) in [5.74, 6) is 0.169. The SMILES string of the molecule is NCOc1ccc(CS(=O)(=O)O)cc1. The second-order valence-electron chi connectivity index (χ2n) is 2.68. The van der Waals surface area contributed by atoms with Crippen LogP contribution in [0.2, 0.25) is 0 Å². The molecule has 0 amide bonds.